The first-order valence-electron chi connectivity index (χ1n) is 5.23. The molecule has 0 fully saturated rings. The van der Waals surface area contributed by atoms with E-state index >= 15 is 0 Å². The molecule has 0 amide bonds. The average molecular weight is 358 g/mol. The van der Waals surface area contributed by atoms with Crippen LogP contribution in [0, 0.1) is 12.7 Å². The van der Waals surface area contributed by atoms with Gasteiger partial charge in [-0.05, 0) is 30.7 Å². The summed E-state index contributed by atoms with van der Waals surface area (Å²) in [6.45, 7) is 2.03. The third-order valence-electron chi connectivity index (χ3n) is 2.60. The van der Waals surface area contributed by atoms with Gasteiger partial charge in [0.25, 0.3) is 0 Å². The molecule has 2 aromatic rings. The quantitative estimate of drug-likeness (QED) is 0.633. The monoisotopic (exact) mass is 356 g/mol. The molecule has 0 bridgehead atoms. The molecule has 0 saturated heterocycles. The molecular formula is C14H11Br2F. The Hall–Kier alpha value is -0.670. The summed E-state index contributed by atoms with van der Waals surface area (Å²) in [7, 11) is 0. The highest BCUT2D eigenvalue weighted by Gasteiger charge is 2.14. The lowest BCUT2D eigenvalue weighted by atomic mass is 10.0. The normalized spacial score (nSPS) is 12.5. The standard InChI is InChI=1S/C14H11Br2F/c1-9-2-4-10(5-3-9)14(16)12-8-11(15)6-7-13(12)17/h2-8,14H,1H3. The number of alkyl halides is 1. The van der Waals surface area contributed by atoms with Gasteiger partial charge in [0.2, 0.25) is 0 Å². The van der Waals surface area contributed by atoms with Crippen molar-refractivity contribution in [2.24, 2.45) is 0 Å². The van der Waals surface area contributed by atoms with Crippen LogP contribution in [0.5, 0.6) is 0 Å². The van der Waals surface area contributed by atoms with Gasteiger partial charge in [0.1, 0.15) is 5.82 Å². The van der Waals surface area contributed by atoms with Gasteiger partial charge in [0.05, 0.1) is 4.83 Å². The summed E-state index contributed by atoms with van der Waals surface area (Å²) in [4.78, 5) is -0.124. The molecule has 1 unspecified atom stereocenters. The van der Waals surface area contributed by atoms with E-state index in [1.807, 2.05) is 31.2 Å². The van der Waals surface area contributed by atoms with Gasteiger partial charge in [0, 0.05) is 10.0 Å². The van der Waals surface area contributed by atoms with Gasteiger partial charge in [-0.1, -0.05) is 61.7 Å². The van der Waals surface area contributed by atoms with Crippen LogP contribution in [0.15, 0.2) is 46.9 Å². The lowest BCUT2D eigenvalue weighted by molar-refractivity contribution is 0.613. The summed E-state index contributed by atoms with van der Waals surface area (Å²) in [5, 5.41) is 0. The number of benzene rings is 2. The first kappa shape index (κ1) is 12.8. The van der Waals surface area contributed by atoms with Crippen molar-refractivity contribution >= 4 is 31.9 Å². The molecule has 3 heteroatoms. The highest BCUT2D eigenvalue weighted by molar-refractivity contribution is 9.10. The second-order valence-electron chi connectivity index (χ2n) is 3.94. The van der Waals surface area contributed by atoms with Gasteiger partial charge in [-0.25, -0.2) is 4.39 Å². The van der Waals surface area contributed by atoms with E-state index in [1.54, 1.807) is 12.1 Å². The van der Waals surface area contributed by atoms with Crippen LogP contribution in [0.3, 0.4) is 0 Å². The van der Waals surface area contributed by atoms with Crippen LogP contribution in [-0.2, 0) is 0 Å². The molecule has 0 aromatic heterocycles. The molecule has 2 rings (SSSR count). The summed E-state index contributed by atoms with van der Waals surface area (Å²) < 4.78 is 14.6. The molecule has 0 aliphatic heterocycles. The van der Waals surface area contributed by atoms with Gasteiger partial charge < -0.3 is 0 Å². The maximum absolute atomic E-state index is 13.7. The fraction of sp³-hybridized carbons (Fsp3) is 0.143. The molecule has 2 aromatic carbocycles. The number of rotatable bonds is 2. The number of hydrogen-bond donors (Lipinski definition) is 0. The van der Waals surface area contributed by atoms with Crippen molar-refractivity contribution < 1.29 is 4.39 Å². The molecule has 0 heterocycles. The van der Waals surface area contributed by atoms with E-state index in [-0.39, 0.29) is 10.6 Å². The van der Waals surface area contributed by atoms with Gasteiger partial charge in [0.15, 0.2) is 0 Å². The topological polar surface area (TPSA) is 0 Å². The van der Waals surface area contributed by atoms with E-state index < -0.39 is 0 Å². The summed E-state index contributed by atoms with van der Waals surface area (Å²) in [6.07, 6.45) is 0. The Morgan fingerprint density at radius 2 is 1.71 bits per heavy atom. The summed E-state index contributed by atoms with van der Waals surface area (Å²) in [6, 6.07) is 13.0. The molecule has 0 saturated carbocycles. The maximum atomic E-state index is 13.7. The molecule has 0 N–H and O–H groups in total. The zero-order chi connectivity index (χ0) is 12.4. The minimum Gasteiger partial charge on any atom is -0.207 e. The summed E-state index contributed by atoms with van der Waals surface area (Å²) in [5.74, 6) is -0.198. The van der Waals surface area contributed by atoms with E-state index in [0.717, 1.165) is 10.0 Å². The molecular weight excluding hydrogens is 347 g/mol. The van der Waals surface area contributed by atoms with Crippen molar-refractivity contribution in [1.82, 2.24) is 0 Å². The molecule has 88 valence electrons. The highest BCUT2D eigenvalue weighted by Crippen LogP contribution is 2.33. The van der Waals surface area contributed by atoms with Crippen LogP contribution in [0.4, 0.5) is 4.39 Å². The Labute approximate surface area is 117 Å². The van der Waals surface area contributed by atoms with Crippen molar-refractivity contribution in [1.29, 1.82) is 0 Å². The Balaban J connectivity index is 2.39. The van der Waals surface area contributed by atoms with E-state index in [1.165, 1.54) is 11.6 Å². The minimum absolute atomic E-state index is 0.124. The highest BCUT2D eigenvalue weighted by atomic mass is 79.9. The molecule has 0 spiro atoms. The molecule has 0 aliphatic rings. The van der Waals surface area contributed by atoms with Crippen LogP contribution >= 0.6 is 31.9 Å². The Morgan fingerprint density at radius 1 is 1.06 bits per heavy atom. The van der Waals surface area contributed by atoms with Crippen LogP contribution in [0.1, 0.15) is 21.5 Å². The van der Waals surface area contributed by atoms with E-state index in [0.29, 0.717) is 5.56 Å². The van der Waals surface area contributed by atoms with Crippen molar-refractivity contribution in [3.05, 3.63) is 69.4 Å². The van der Waals surface area contributed by atoms with Crippen LogP contribution in [0.25, 0.3) is 0 Å². The predicted octanol–water partition coefficient (Wildman–Crippen LogP) is 5.38. The summed E-state index contributed by atoms with van der Waals surface area (Å²) in [5.41, 5.74) is 2.89. The van der Waals surface area contributed by atoms with Gasteiger partial charge in [-0.15, -0.1) is 0 Å². The fourth-order valence-electron chi connectivity index (χ4n) is 1.62. The van der Waals surface area contributed by atoms with Crippen LogP contribution in [0.2, 0.25) is 0 Å². The van der Waals surface area contributed by atoms with Crippen molar-refractivity contribution in [2.75, 3.05) is 0 Å². The van der Waals surface area contributed by atoms with E-state index in [4.69, 9.17) is 0 Å². The van der Waals surface area contributed by atoms with Gasteiger partial charge in [-0.3, -0.25) is 0 Å². The zero-order valence-electron chi connectivity index (χ0n) is 9.25. The molecule has 0 aliphatic carbocycles. The lowest BCUT2D eigenvalue weighted by Crippen LogP contribution is -1.96. The fourth-order valence-corrected chi connectivity index (χ4v) is 2.66. The Morgan fingerprint density at radius 3 is 2.35 bits per heavy atom. The zero-order valence-corrected chi connectivity index (χ0v) is 12.4. The number of hydrogen-bond acceptors (Lipinski definition) is 0. The molecule has 1 atom stereocenters. The van der Waals surface area contributed by atoms with E-state index in [9.17, 15) is 4.39 Å². The van der Waals surface area contributed by atoms with Gasteiger partial charge in [-0.2, -0.15) is 0 Å². The lowest BCUT2D eigenvalue weighted by Gasteiger charge is -2.12. The molecule has 17 heavy (non-hydrogen) atoms. The second kappa shape index (κ2) is 5.32. The molecule has 0 radical (unpaired) electrons. The van der Waals surface area contributed by atoms with Crippen molar-refractivity contribution in [3.63, 3.8) is 0 Å². The SMILES string of the molecule is Cc1ccc(C(Br)c2cc(Br)ccc2F)cc1. The van der Waals surface area contributed by atoms with Crippen molar-refractivity contribution in [2.45, 2.75) is 11.8 Å². The third-order valence-corrected chi connectivity index (χ3v) is 4.12. The Kier molecular flexibility index (Phi) is 4.00. The number of halogens is 3. The molecule has 0 nitrogen and oxygen atoms in total. The van der Waals surface area contributed by atoms with E-state index in [2.05, 4.69) is 31.9 Å². The largest absolute Gasteiger partial charge is 0.207 e. The average Bonchev–Trinajstić information content (AvgIpc) is 2.32. The smallest absolute Gasteiger partial charge is 0.127 e. The van der Waals surface area contributed by atoms with Gasteiger partial charge >= 0.3 is 0 Å². The first-order valence-corrected chi connectivity index (χ1v) is 6.94. The maximum Gasteiger partial charge on any atom is 0.127 e. The predicted molar refractivity (Wildman–Crippen MR) is 76.0 cm³/mol. The Bertz CT molecular complexity index is 520. The third kappa shape index (κ3) is 2.96. The van der Waals surface area contributed by atoms with Crippen molar-refractivity contribution in [3.8, 4) is 0 Å². The summed E-state index contributed by atoms with van der Waals surface area (Å²) >= 11 is 6.90. The second-order valence-corrected chi connectivity index (χ2v) is 5.77. The van der Waals surface area contributed by atoms with Crippen LogP contribution in [-0.4, -0.2) is 0 Å². The first-order chi connectivity index (χ1) is 8.08. The number of aryl methyl sites for hydroxylation is 1. The minimum atomic E-state index is -0.198. The van der Waals surface area contributed by atoms with Crippen LogP contribution < -0.4 is 0 Å².